The standard InChI is InChI=1S/C8H11N3O6S.Na/c1-4-2-5(7(9)12)10-3-6(4)11(8(10)13)17-18(14,15)16;/h2,5-6H,3H2,1H3,(H2,9,12)(H,14,15,16);/q;+1/p+1/t5-,6-;/m0./s1. The SMILES string of the molecule is CC1=C[C@@H](C(N)=O)N2C[C@@H]1N(OS(=O)(=O)O)C2=O.[H+].[Na+]. The quantitative estimate of drug-likeness (QED) is 0.308. The van der Waals surface area contributed by atoms with Crippen molar-refractivity contribution in [2.24, 2.45) is 5.73 Å². The van der Waals surface area contributed by atoms with Gasteiger partial charge in [0.15, 0.2) is 0 Å². The van der Waals surface area contributed by atoms with Gasteiger partial charge in [-0.05, 0) is 12.5 Å². The molecule has 3 N–H and O–H groups in total. The van der Waals surface area contributed by atoms with Crippen LogP contribution >= 0.6 is 0 Å². The van der Waals surface area contributed by atoms with Crippen LogP contribution in [-0.4, -0.2) is 53.5 Å². The molecule has 2 aliphatic rings. The molecule has 0 aromatic carbocycles. The zero-order chi connectivity index (χ0) is 13.7. The predicted octanol–water partition coefficient (Wildman–Crippen LogP) is -4.24. The van der Waals surface area contributed by atoms with Crippen LogP contribution in [0.15, 0.2) is 11.6 Å². The number of amides is 3. The molecule has 1 fully saturated rings. The Morgan fingerprint density at radius 3 is 2.68 bits per heavy atom. The van der Waals surface area contributed by atoms with Gasteiger partial charge in [0, 0.05) is 0 Å². The fourth-order valence-corrected chi connectivity index (χ4v) is 2.40. The molecule has 19 heavy (non-hydrogen) atoms. The molecule has 0 saturated carbocycles. The average molecular weight is 301 g/mol. The van der Waals surface area contributed by atoms with E-state index in [-0.39, 0.29) is 37.5 Å². The van der Waals surface area contributed by atoms with Crippen molar-refractivity contribution in [1.29, 1.82) is 0 Å². The minimum absolute atomic E-state index is 0. The second kappa shape index (κ2) is 5.38. The molecule has 2 aliphatic heterocycles. The van der Waals surface area contributed by atoms with Gasteiger partial charge in [-0.25, -0.2) is 4.79 Å². The summed E-state index contributed by atoms with van der Waals surface area (Å²) in [7, 11) is -4.81. The summed E-state index contributed by atoms with van der Waals surface area (Å²) in [5.74, 6) is -0.727. The minimum atomic E-state index is -4.81. The van der Waals surface area contributed by atoms with Crippen molar-refractivity contribution >= 4 is 22.3 Å². The second-order valence-corrected chi connectivity index (χ2v) is 5.04. The first-order valence-electron chi connectivity index (χ1n) is 4.95. The van der Waals surface area contributed by atoms with Crippen LogP contribution in [0.1, 0.15) is 8.35 Å². The number of carbonyl (C=O) groups excluding carboxylic acids is 2. The molecule has 2 heterocycles. The average Bonchev–Trinajstić information content (AvgIpc) is 2.47. The monoisotopic (exact) mass is 301 g/mol. The van der Waals surface area contributed by atoms with E-state index in [1.807, 2.05) is 0 Å². The molecule has 0 aliphatic carbocycles. The first-order valence-corrected chi connectivity index (χ1v) is 6.31. The summed E-state index contributed by atoms with van der Waals surface area (Å²) in [4.78, 5) is 24.1. The maximum atomic E-state index is 11.8. The first kappa shape index (κ1) is 16.4. The first-order chi connectivity index (χ1) is 8.20. The van der Waals surface area contributed by atoms with Crippen molar-refractivity contribution in [3.8, 4) is 0 Å². The molecule has 100 valence electrons. The van der Waals surface area contributed by atoms with E-state index in [0.29, 0.717) is 10.6 Å². The molecule has 0 unspecified atom stereocenters. The Balaban J connectivity index is 0.00000180. The molecule has 0 radical (unpaired) electrons. The van der Waals surface area contributed by atoms with Crippen molar-refractivity contribution in [3.63, 3.8) is 0 Å². The third kappa shape index (κ3) is 3.09. The van der Waals surface area contributed by atoms with Gasteiger partial charge in [-0.3, -0.25) is 9.35 Å². The number of primary amides is 1. The Bertz CT molecular complexity index is 552. The smallest absolute Gasteiger partial charge is 0.368 e. The van der Waals surface area contributed by atoms with E-state index in [9.17, 15) is 18.0 Å². The molecule has 9 nitrogen and oxygen atoms in total. The molecule has 2 atom stereocenters. The van der Waals surface area contributed by atoms with Crippen LogP contribution in [0.2, 0.25) is 0 Å². The summed E-state index contributed by atoms with van der Waals surface area (Å²) < 4.78 is 34.1. The number of hydrogen-bond donors (Lipinski definition) is 2. The molecule has 2 rings (SSSR count). The molecule has 11 heteroatoms. The summed E-state index contributed by atoms with van der Waals surface area (Å²) in [6.45, 7) is 1.68. The Labute approximate surface area is 133 Å². The van der Waals surface area contributed by atoms with E-state index in [1.54, 1.807) is 6.92 Å². The molecule has 1 saturated heterocycles. The third-order valence-corrected chi connectivity index (χ3v) is 3.18. The Morgan fingerprint density at radius 1 is 1.63 bits per heavy atom. The normalized spacial score (nSPS) is 26.0. The molecule has 3 amide bonds. The van der Waals surface area contributed by atoms with E-state index in [1.165, 1.54) is 6.08 Å². The number of carbonyl (C=O) groups is 2. The van der Waals surface area contributed by atoms with Crippen LogP contribution in [-0.2, 0) is 19.5 Å². The van der Waals surface area contributed by atoms with E-state index in [0.717, 1.165) is 4.90 Å². The van der Waals surface area contributed by atoms with E-state index in [2.05, 4.69) is 4.28 Å². The molecular weight excluding hydrogens is 289 g/mol. The van der Waals surface area contributed by atoms with Crippen LogP contribution in [0.3, 0.4) is 0 Å². The number of nitrogens with zero attached hydrogens (tertiary/aromatic N) is 2. The maximum Gasteiger partial charge on any atom is 1.00 e. The summed E-state index contributed by atoms with van der Waals surface area (Å²) >= 11 is 0. The van der Waals surface area contributed by atoms with Crippen molar-refractivity contribution in [1.82, 2.24) is 9.96 Å². The Morgan fingerprint density at radius 2 is 2.21 bits per heavy atom. The van der Waals surface area contributed by atoms with Gasteiger partial charge in [-0.2, -0.15) is 13.5 Å². The molecule has 2 bridgehead atoms. The fraction of sp³-hybridized carbons (Fsp3) is 0.500. The number of rotatable bonds is 3. The number of urea groups is 1. The van der Waals surface area contributed by atoms with Crippen LogP contribution in [0.25, 0.3) is 0 Å². The Hall–Kier alpha value is -0.650. The fourth-order valence-electron chi connectivity index (χ4n) is 2.03. The van der Waals surface area contributed by atoms with Gasteiger partial charge in [0.1, 0.15) is 12.1 Å². The van der Waals surface area contributed by atoms with Crippen LogP contribution in [0, 0.1) is 0 Å². The van der Waals surface area contributed by atoms with Crippen molar-refractivity contribution in [3.05, 3.63) is 11.6 Å². The largest absolute Gasteiger partial charge is 1.00 e. The van der Waals surface area contributed by atoms with E-state index in [4.69, 9.17) is 10.3 Å². The van der Waals surface area contributed by atoms with Crippen molar-refractivity contribution in [2.75, 3.05) is 6.54 Å². The second-order valence-electron chi connectivity index (χ2n) is 4.04. The number of fused-ring (bicyclic) bond motifs is 2. The summed E-state index contributed by atoms with van der Waals surface area (Å²) in [6, 6.07) is -2.45. The van der Waals surface area contributed by atoms with Gasteiger partial charge < -0.3 is 10.6 Å². The van der Waals surface area contributed by atoms with Crippen molar-refractivity contribution in [2.45, 2.75) is 19.0 Å². The molecule has 0 spiro atoms. The topological polar surface area (TPSA) is 130 Å². The van der Waals surface area contributed by atoms with Gasteiger partial charge in [0.2, 0.25) is 5.91 Å². The van der Waals surface area contributed by atoms with Crippen LogP contribution in [0.4, 0.5) is 4.79 Å². The van der Waals surface area contributed by atoms with Gasteiger partial charge in [0.05, 0.1) is 6.54 Å². The summed E-state index contributed by atoms with van der Waals surface area (Å²) in [6.07, 6.45) is 1.46. The molecule has 0 aromatic heterocycles. The van der Waals surface area contributed by atoms with Crippen LogP contribution < -0.4 is 35.3 Å². The molecule has 0 aromatic rings. The van der Waals surface area contributed by atoms with Gasteiger partial charge in [-0.1, -0.05) is 6.08 Å². The third-order valence-electron chi connectivity index (χ3n) is 2.84. The summed E-state index contributed by atoms with van der Waals surface area (Å²) in [5, 5.41) is 0.518. The van der Waals surface area contributed by atoms with Gasteiger partial charge >= 0.3 is 47.4 Å². The minimum Gasteiger partial charge on any atom is -0.368 e. The predicted molar refractivity (Wildman–Crippen MR) is 58.2 cm³/mol. The zero-order valence-corrected chi connectivity index (χ0v) is 13.1. The summed E-state index contributed by atoms with van der Waals surface area (Å²) in [5.41, 5.74) is 5.70. The molecular formula is C8H12N3NaO6S+2. The van der Waals surface area contributed by atoms with Crippen LogP contribution in [0.5, 0.6) is 0 Å². The van der Waals surface area contributed by atoms with Gasteiger partial charge in [0.25, 0.3) is 0 Å². The van der Waals surface area contributed by atoms with E-state index >= 15 is 0 Å². The van der Waals surface area contributed by atoms with E-state index < -0.39 is 34.4 Å². The Kier molecular flexibility index (Phi) is 4.65. The zero-order valence-electron chi connectivity index (χ0n) is 11.3. The number of hydrogen-bond acceptors (Lipinski definition) is 5. The maximum absolute atomic E-state index is 11.8. The number of hydroxylamine groups is 2. The van der Waals surface area contributed by atoms with Gasteiger partial charge in [-0.15, -0.1) is 4.28 Å². The van der Waals surface area contributed by atoms with Crippen molar-refractivity contribution < 1.29 is 57.8 Å². The number of nitrogens with two attached hydrogens (primary N) is 1.